The minimum absolute atomic E-state index is 0.480. The normalized spacial score (nSPS) is 26.6. The molecule has 0 saturated carbocycles. The first-order chi connectivity index (χ1) is 12.3. The Morgan fingerprint density at radius 1 is 1.36 bits per heavy atom. The van der Waals surface area contributed by atoms with Crippen molar-refractivity contribution in [1.29, 1.82) is 0 Å². The van der Waals surface area contributed by atoms with Crippen LogP contribution in [0.15, 0.2) is 22.5 Å². The van der Waals surface area contributed by atoms with Crippen LogP contribution in [-0.2, 0) is 4.74 Å². The van der Waals surface area contributed by atoms with E-state index < -0.39 is 0 Å². The molecule has 3 rings (SSSR count). The van der Waals surface area contributed by atoms with Crippen molar-refractivity contribution in [3.63, 3.8) is 0 Å². The van der Waals surface area contributed by atoms with Gasteiger partial charge in [-0.3, -0.25) is 9.89 Å². The van der Waals surface area contributed by atoms with E-state index >= 15 is 0 Å². The molecule has 0 spiro atoms. The van der Waals surface area contributed by atoms with E-state index in [9.17, 15) is 0 Å². The van der Waals surface area contributed by atoms with E-state index in [2.05, 4.69) is 47.0 Å². The van der Waals surface area contributed by atoms with Crippen molar-refractivity contribution in [2.45, 2.75) is 44.7 Å². The lowest BCUT2D eigenvalue weighted by molar-refractivity contribution is 0.0822. The highest BCUT2D eigenvalue weighted by Crippen LogP contribution is 2.37. The molecule has 1 aromatic rings. The van der Waals surface area contributed by atoms with Crippen LogP contribution in [0.1, 0.15) is 43.5 Å². The van der Waals surface area contributed by atoms with E-state index in [1.54, 1.807) is 0 Å². The molecule has 2 atom stereocenters. The largest absolute Gasteiger partial charge is 0.381 e. The first kappa shape index (κ1) is 18.7. The van der Waals surface area contributed by atoms with Crippen molar-refractivity contribution in [1.82, 2.24) is 15.5 Å². The molecule has 0 aliphatic carbocycles. The van der Waals surface area contributed by atoms with Crippen molar-refractivity contribution in [2.24, 2.45) is 10.9 Å². The fourth-order valence-corrected chi connectivity index (χ4v) is 4.91. The Labute approximate surface area is 155 Å². The number of rotatable bonds is 5. The van der Waals surface area contributed by atoms with Crippen LogP contribution in [0.4, 0.5) is 0 Å². The van der Waals surface area contributed by atoms with Gasteiger partial charge in [0.05, 0.1) is 0 Å². The number of likely N-dealkylation sites (tertiary alicyclic amines) is 1. The number of aliphatic imine (C=N–C) groups is 1. The van der Waals surface area contributed by atoms with Crippen LogP contribution in [0.2, 0.25) is 0 Å². The Balaban J connectivity index is 1.65. The second-order valence-electron chi connectivity index (χ2n) is 7.09. The Bertz CT molecular complexity index is 528. The maximum Gasteiger partial charge on any atom is 0.191 e. The highest BCUT2D eigenvalue weighted by atomic mass is 32.1. The van der Waals surface area contributed by atoms with Crippen LogP contribution in [0, 0.1) is 5.92 Å². The number of hydrogen-bond donors (Lipinski definition) is 2. The quantitative estimate of drug-likeness (QED) is 0.623. The predicted molar refractivity (Wildman–Crippen MR) is 105 cm³/mol. The molecule has 2 fully saturated rings. The molecule has 5 nitrogen and oxygen atoms in total. The molecule has 6 heteroatoms. The standard InChI is InChI=1S/C19H32N4OS/c1-3-20-19(22-16-8-11-24-12-9-16)21-14-15-6-4-10-23(2)18(15)17-7-5-13-25-17/h5,7,13,15-16,18H,3-4,6,8-12,14H2,1-2H3,(H2,20,21,22). The Morgan fingerprint density at radius 2 is 2.20 bits per heavy atom. The van der Waals surface area contributed by atoms with Gasteiger partial charge in [0.2, 0.25) is 0 Å². The van der Waals surface area contributed by atoms with Gasteiger partial charge in [0.25, 0.3) is 0 Å². The average Bonchev–Trinajstić information content (AvgIpc) is 3.15. The van der Waals surface area contributed by atoms with Crippen molar-refractivity contribution in [3.8, 4) is 0 Å². The van der Waals surface area contributed by atoms with E-state index in [0.717, 1.165) is 45.1 Å². The molecule has 0 amide bonds. The summed E-state index contributed by atoms with van der Waals surface area (Å²) >= 11 is 1.87. The van der Waals surface area contributed by atoms with Gasteiger partial charge in [-0.25, -0.2) is 0 Å². The molecular formula is C19H32N4OS. The third-order valence-corrected chi connectivity index (χ3v) is 6.18. The van der Waals surface area contributed by atoms with Gasteiger partial charge in [0, 0.05) is 43.3 Å². The molecule has 2 N–H and O–H groups in total. The maximum absolute atomic E-state index is 5.46. The second-order valence-corrected chi connectivity index (χ2v) is 8.07. The molecule has 25 heavy (non-hydrogen) atoms. The monoisotopic (exact) mass is 364 g/mol. The summed E-state index contributed by atoms with van der Waals surface area (Å²) in [6.45, 7) is 6.79. The third kappa shape index (κ3) is 5.19. The highest BCUT2D eigenvalue weighted by molar-refractivity contribution is 7.10. The van der Waals surface area contributed by atoms with Gasteiger partial charge in [0.15, 0.2) is 5.96 Å². The summed E-state index contributed by atoms with van der Waals surface area (Å²) < 4.78 is 5.46. The number of hydrogen-bond acceptors (Lipinski definition) is 4. The first-order valence-corrected chi connectivity index (χ1v) is 10.5. The Morgan fingerprint density at radius 3 is 2.92 bits per heavy atom. The van der Waals surface area contributed by atoms with E-state index in [4.69, 9.17) is 9.73 Å². The van der Waals surface area contributed by atoms with E-state index in [1.165, 1.54) is 24.3 Å². The number of guanidine groups is 1. The van der Waals surface area contributed by atoms with Gasteiger partial charge in [-0.1, -0.05) is 6.07 Å². The van der Waals surface area contributed by atoms with Gasteiger partial charge in [-0.05, 0) is 63.6 Å². The first-order valence-electron chi connectivity index (χ1n) is 9.64. The number of piperidine rings is 1. The van der Waals surface area contributed by atoms with Crippen molar-refractivity contribution >= 4 is 17.3 Å². The molecule has 3 heterocycles. The van der Waals surface area contributed by atoms with Gasteiger partial charge in [0.1, 0.15) is 0 Å². The third-order valence-electron chi connectivity index (χ3n) is 5.23. The Hall–Kier alpha value is -1.11. The van der Waals surface area contributed by atoms with Crippen LogP contribution in [0.25, 0.3) is 0 Å². The summed E-state index contributed by atoms with van der Waals surface area (Å²) in [7, 11) is 2.26. The zero-order valence-electron chi connectivity index (χ0n) is 15.5. The molecular weight excluding hydrogens is 332 g/mol. The number of nitrogens with zero attached hydrogens (tertiary/aromatic N) is 2. The minimum atomic E-state index is 0.480. The summed E-state index contributed by atoms with van der Waals surface area (Å²) in [6, 6.07) is 5.43. The fraction of sp³-hybridized carbons (Fsp3) is 0.737. The summed E-state index contributed by atoms with van der Waals surface area (Å²) in [5, 5.41) is 9.21. The van der Waals surface area contributed by atoms with Gasteiger partial charge in [-0.15, -0.1) is 11.3 Å². The van der Waals surface area contributed by atoms with Gasteiger partial charge >= 0.3 is 0 Å². The number of nitrogens with one attached hydrogen (secondary N) is 2. The lowest BCUT2D eigenvalue weighted by Crippen LogP contribution is -2.46. The van der Waals surface area contributed by atoms with E-state index in [0.29, 0.717) is 18.0 Å². The lowest BCUT2D eigenvalue weighted by atomic mass is 9.88. The van der Waals surface area contributed by atoms with Crippen LogP contribution in [-0.4, -0.2) is 56.8 Å². The summed E-state index contributed by atoms with van der Waals surface area (Å²) in [4.78, 5) is 8.94. The second kappa shape index (κ2) is 9.55. The van der Waals surface area contributed by atoms with Crippen LogP contribution >= 0.6 is 11.3 Å². The fourth-order valence-electron chi connectivity index (χ4n) is 3.92. The maximum atomic E-state index is 5.46. The molecule has 0 bridgehead atoms. The molecule has 2 aliphatic rings. The van der Waals surface area contributed by atoms with Gasteiger partial charge < -0.3 is 15.4 Å². The van der Waals surface area contributed by atoms with Crippen molar-refractivity contribution in [3.05, 3.63) is 22.4 Å². The topological polar surface area (TPSA) is 48.9 Å². The van der Waals surface area contributed by atoms with Crippen molar-refractivity contribution < 1.29 is 4.74 Å². The lowest BCUT2D eigenvalue weighted by Gasteiger charge is -2.38. The van der Waals surface area contributed by atoms with Crippen LogP contribution < -0.4 is 10.6 Å². The summed E-state index contributed by atoms with van der Waals surface area (Å²) in [5.74, 6) is 1.55. The molecule has 0 radical (unpaired) electrons. The van der Waals surface area contributed by atoms with E-state index in [1.807, 2.05) is 11.3 Å². The molecule has 2 aliphatic heterocycles. The zero-order valence-corrected chi connectivity index (χ0v) is 16.4. The smallest absolute Gasteiger partial charge is 0.191 e. The Kier molecular flexibility index (Phi) is 7.13. The zero-order chi connectivity index (χ0) is 17.5. The summed E-state index contributed by atoms with van der Waals surface area (Å²) in [5.41, 5.74) is 0. The van der Waals surface area contributed by atoms with Gasteiger partial charge in [-0.2, -0.15) is 0 Å². The van der Waals surface area contributed by atoms with Crippen molar-refractivity contribution in [2.75, 3.05) is 39.9 Å². The number of ether oxygens (including phenoxy) is 1. The van der Waals surface area contributed by atoms with Crippen LogP contribution in [0.3, 0.4) is 0 Å². The molecule has 2 unspecified atom stereocenters. The summed E-state index contributed by atoms with van der Waals surface area (Å²) in [6.07, 6.45) is 4.65. The minimum Gasteiger partial charge on any atom is -0.381 e. The van der Waals surface area contributed by atoms with E-state index in [-0.39, 0.29) is 0 Å². The van der Waals surface area contributed by atoms with Crippen LogP contribution in [0.5, 0.6) is 0 Å². The average molecular weight is 365 g/mol. The highest BCUT2D eigenvalue weighted by Gasteiger charge is 2.31. The molecule has 1 aromatic heterocycles. The number of thiophene rings is 1. The molecule has 2 saturated heterocycles. The predicted octanol–water partition coefficient (Wildman–Crippen LogP) is 2.87. The SMILES string of the molecule is CCNC(=NCC1CCCN(C)C1c1cccs1)NC1CCOCC1. The molecule has 140 valence electrons. The molecule has 0 aromatic carbocycles.